The predicted octanol–water partition coefficient (Wildman–Crippen LogP) is 0.122. The second-order valence-corrected chi connectivity index (χ2v) is 2.11. The van der Waals surface area contributed by atoms with Gasteiger partial charge in [-0.05, 0) is 6.92 Å². The third-order valence-electron chi connectivity index (χ3n) is 0.253. The van der Waals surface area contributed by atoms with Crippen LogP contribution in [0.25, 0.3) is 0 Å². The molecule has 0 aromatic rings. The van der Waals surface area contributed by atoms with Crippen molar-refractivity contribution in [2.24, 2.45) is 0 Å². The van der Waals surface area contributed by atoms with Crippen LogP contribution < -0.4 is 0 Å². The minimum atomic E-state index is -1.47. The summed E-state index contributed by atoms with van der Waals surface area (Å²) in [7, 11) is 0. The van der Waals surface area contributed by atoms with Crippen LogP contribution in [-0.2, 0) is 0 Å². The Balaban J connectivity index is 3.17. The third-order valence-corrected chi connectivity index (χ3v) is 1.70. The summed E-state index contributed by atoms with van der Waals surface area (Å²) in [6, 6.07) is 0. The fourth-order valence-electron chi connectivity index (χ4n) is 0. The van der Waals surface area contributed by atoms with Crippen molar-refractivity contribution >= 4 is 22.6 Å². The van der Waals surface area contributed by atoms with E-state index in [2.05, 4.69) is 0 Å². The average Bonchev–Trinajstić information content (AvgIpc) is 1.35. The zero-order valence-electron chi connectivity index (χ0n) is 3.48. The van der Waals surface area contributed by atoms with Crippen LogP contribution in [0, 0.1) is 0 Å². The van der Waals surface area contributed by atoms with E-state index in [0.29, 0.717) is 4.43 Å². The molecule has 0 saturated heterocycles. The number of hydrogen-bond acceptors (Lipinski definition) is 2. The van der Waals surface area contributed by atoms with Gasteiger partial charge in [-0.3, -0.25) is 0 Å². The summed E-state index contributed by atoms with van der Waals surface area (Å²) < 4.78 is 0.352. The van der Waals surface area contributed by atoms with Crippen molar-refractivity contribution in [3.8, 4) is 0 Å². The van der Waals surface area contributed by atoms with Gasteiger partial charge in [0.05, 0.1) is 4.43 Å². The van der Waals surface area contributed by atoms with Gasteiger partial charge >= 0.3 is 0 Å². The van der Waals surface area contributed by atoms with Gasteiger partial charge in [0.1, 0.15) is 0 Å². The minimum absolute atomic E-state index is 0.352. The van der Waals surface area contributed by atoms with Gasteiger partial charge in [0.25, 0.3) is 0 Å². The van der Waals surface area contributed by atoms with Gasteiger partial charge in [-0.15, -0.1) is 0 Å². The molecular weight excluding hydrogens is 195 g/mol. The number of hydrogen-bond donors (Lipinski definition) is 2. The molecule has 0 aromatic carbocycles. The highest BCUT2D eigenvalue weighted by atomic mass is 127. The first-order valence-corrected chi connectivity index (χ1v) is 3.09. The van der Waals surface area contributed by atoms with Crippen molar-refractivity contribution in [2.45, 2.75) is 12.7 Å². The zero-order valence-corrected chi connectivity index (χ0v) is 5.64. The normalized spacial score (nSPS) is 12.0. The van der Waals surface area contributed by atoms with Gasteiger partial charge in [-0.2, -0.15) is 0 Å². The lowest BCUT2D eigenvalue weighted by atomic mass is 10.4. The molecule has 0 aliphatic carbocycles. The van der Waals surface area contributed by atoms with Crippen LogP contribution in [0.5, 0.6) is 0 Å². The third kappa shape index (κ3) is 4.65. The molecule has 2 N–H and O–H groups in total. The summed E-state index contributed by atoms with van der Waals surface area (Å²) in [5.74, 6) is -1.47. The summed E-state index contributed by atoms with van der Waals surface area (Å²) in [6.07, 6.45) is 0. The molecular formula is C3H7IO2. The van der Waals surface area contributed by atoms with Gasteiger partial charge in [0.15, 0.2) is 5.79 Å². The lowest BCUT2D eigenvalue weighted by Gasteiger charge is -2.08. The molecule has 6 heavy (non-hydrogen) atoms. The molecule has 0 aliphatic heterocycles. The first kappa shape index (κ1) is 6.65. The topological polar surface area (TPSA) is 40.5 Å². The van der Waals surface area contributed by atoms with Crippen molar-refractivity contribution in [3.05, 3.63) is 0 Å². The van der Waals surface area contributed by atoms with Gasteiger partial charge in [-0.25, -0.2) is 0 Å². The first-order valence-electron chi connectivity index (χ1n) is 1.57. The molecule has 0 amide bonds. The Bertz CT molecular complexity index is 38.5. The average molecular weight is 202 g/mol. The maximum atomic E-state index is 8.37. The Morgan fingerprint density at radius 1 is 1.67 bits per heavy atom. The van der Waals surface area contributed by atoms with Gasteiger partial charge in [0.2, 0.25) is 0 Å². The summed E-state index contributed by atoms with van der Waals surface area (Å²) in [4.78, 5) is 0. The Hall–Kier alpha value is 0.650. The van der Waals surface area contributed by atoms with E-state index in [1.165, 1.54) is 6.92 Å². The number of halogens is 1. The highest BCUT2D eigenvalue weighted by Gasteiger charge is 2.09. The van der Waals surface area contributed by atoms with Crippen LogP contribution >= 0.6 is 22.6 Å². The molecule has 0 atom stereocenters. The van der Waals surface area contributed by atoms with Crippen molar-refractivity contribution in [2.75, 3.05) is 4.43 Å². The van der Waals surface area contributed by atoms with Gasteiger partial charge in [-0.1, -0.05) is 22.6 Å². The van der Waals surface area contributed by atoms with Crippen molar-refractivity contribution in [1.82, 2.24) is 0 Å². The van der Waals surface area contributed by atoms with Crippen molar-refractivity contribution in [3.63, 3.8) is 0 Å². The molecule has 0 heterocycles. The van der Waals surface area contributed by atoms with Crippen LogP contribution in [-0.4, -0.2) is 20.4 Å². The van der Waals surface area contributed by atoms with Gasteiger partial charge in [0, 0.05) is 0 Å². The van der Waals surface area contributed by atoms with E-state index in [1.54, 1.807) is 0 Å². The highest BCUT2D eigenvalue weighted by Crippen LogP contribution is 1.99. The fourth-order valence-corrected chi connectivity index (χ4v) is 0. The van der Waals surface area contributed by atoms with Crippen LogP contribution in [0.15, 0.2) is 0 Å². The Morgan fingerprint density at radius 2 is 1.83 bits per heavy atom. The summed E-state index contributed by atoms with van der Waals surface area (Å²) >= 11 is 1.89. The van der Waals surface area contributed by atoms with E-state index in [4.69, 9.17) is 10.2 Å². The van der Waals surface area contributed by atoms with E-state index in [9.17, 15) is 0 Å². The molecule has 0 aromatic heterocycles. The van der Waals surface area contributed by atoms with Crippen LogP contribution in [0.3, 0.4) is 0 Å². The SMILES string of the molecule is CC(O)(O)CI. The minimum Gasteiger partial charge on any atom is -0.365 e. The molecule has 38 valence electrons. The number of alkyl halides is 1. The predicted molar refractivity (Wildman–Crippen MR) is 31.7 cm³/mol. The van der Waals surface area contributed by atoms with E-state index in [1.807, 2.05) is 22.6 Å². The molecule has 0 bridgehead atoms. The molecule has 0 aliphatic rings. The van der Waals surface area contributed by atoms with E-state index in [-0.39, 0.29) is 0 Å². The maximum Gasteiger partial charge on any atom is 0.168 e. The van der Waals surface area contributed by atoms with Crippen LogP contribution in [0.2, 0.25) is 0 Å². The van der Waals surface area contributed by atoms with E-state index >= 15 is 0 Å². The summed E-state index contributed by atoms with van der Waals surface area (Å²) in [5, 5.41) is 16.7. The second-order valence-electron chi connectivity index (χ2n) is 1.35. The number of aliphatic hydroxyl groups is 2. The second kappa shape index (κ2) is 2.09. The molecule has 2 nitrogen and oxygen atoms in total. The number of rotatable bonds is 1. The zero-order chi connectivity index (χ0) is 5.21. The lowest BCUT2D eigenvalue weighted by molar-refractivity contribution is -0.120. The quantitative estimate of drug-likeness (QED) is 0.360. The van der Waals surface area contributed by atoms with Crippen molar-refractivity contribution < 1.29 is 10.2 Å². The molecule has 0 rings (SSSR count). The highest BCUT2D eigenvalue weighted by molar-refractivity contribution is 14.1. The summed E-state index contributed by atoms with van der Waals surface area (Å²) in [5.41, 5.74) is 0. The first-order chi connectivity index (χ1) is 2.56. The van der Waals surface area contributed by atoms with Crippen LogP contribution in [0.1, 0.15) is 6.92 Å². The standard InChI is InChI=1S/C3H7IO2/c1-3(5,6)2-4/h5-6H,2H2,1H3. The van der Waals surface area contributed by atoms with Gasteiger partial charge < -0.3 is 10.2 Å². The summed E-state index contributed by atoms with van der Waals surface area (Å²) in [6.45, 7) is 1.35. The molecule has 0 saturated carbocycles. The van der Waals surface area contributed by atoms with E-state index in [0.717, 1.165) is 0 Å². The molecule has 0 spiro atoms. The van der Waals surface area contributed by atoms with Crippen molar-refractivity contribution in [1.29, 1.82) is 0 Å². The Morgan fingerprint density at radius 3 is 1.83 bits per heavy atom. The largest absolute Gasteiger partial charge is 0.365 e. The molecule has 0 unspecified atom stereocenters. The Labute approximate surface area is 50.3 Å². The molecule has 3 heteroatoms. The van der Waals surface area contributed by atoms with E-state index < -0.39 is 5.79 Å². The smallest absolute Gasteiger partial charge is 0.168 e. The lowest BCUT2D eigenvalue weighted by Crippen LogP contribution is -2.23. The monoisotopic (exact) mass is 202 g/mol. The van der Waals surface area contributed by atoms with Crippen LogP contribution in [0.4, 0.5) is 0 Å². The maximum absolute atomic E-state index is 8.37. The molecule has 0 fully saturated rings. The fraction of sp³-hybridized carbons (Fsp3) is 1.00. The Kier molecular flexibility index (Phi) is 2.31. The molecule has 0 radical (unpaired) electrons.